The van der Waals surface area contributed by atoms with E-state index in [9.17, 15) is 14.4 Å². The fourth-order valence-electron chi connectivity index (χ4n) is 2.55. The first kappa shape index (κ1) is 20.6. The summed E-state index contributed by atoms with van der Waals surface area (Å²) in [5.74, 6) is -1.65. The minimum Gasteiger partial charge on any atom is -0.465 e. The third kappa shape index (κ3) is 5.04. The van der Waals surface area contributed by atoms with Gasteiger partial charge in [0.1, 0.15) is 15.9 Å². The maximum absolute atomic E-state index is 12.7. The number of hydrogen-bond acceptors (Lipinski definition) is 7. The molecule has 0 saturated carbocycles. The van der Waals surface area contributed by atoms with Crippen LogP contribution in [0.2, 0.25) is 0 Å². The number of ketones is 1. The van der Waals surface area contributed by atoms with Gasteiger partial charge in [-0.3, -0.25) is 9.59 Å². The highest BCUT2D eigenvalue weighted by molar-refractivity contribution is 7.14. The van der Waals surface area contributed by atoms with E-state index in [4.69, 9.17) is 16.3 Å². The number of hydrogen-bond donors (Lipinski definition) is 1. The van der Waals surface area contributed by atoms with Crippen molar-refractivity contribution in [2.45, 2.75) is 6.42 Å². The second-order valence-electron chi connectivity index (χ2n) is 5.90. The van der Waals surface area contributed by atoms with Crippen LogP contribution in [0.3, 0.4) is 0 Å². The number of halogens is 1. The van der Waals surface area contributed by atoms with Crippen LogP contribution in [0, 0.1) is 0 Å². The number of esters is 1. The van der Waals surface area contributed by atoms with Crippen LogP contribution >= 0.6 is 22.9 Å². The quantitative estimate of drug-likeness (QED) is 0.350. The lowest BCUT2D eigenvalue weighted by Gasteiger charge is -2.10. The van der Waals surface area contributed by atoms with Gasteiger partial charge in [0.2, 0.25) is 5.91 Å². The molecule has 1 aromatic heterocycles. The number of carbonyl (C=O) groups excluding carboxylic acids is 3. The molecule has 1 N–H and O–H groups in total. The molecule has 0 bridgehead atoms. The van der Waals surface area contributed by atoms with Gasteiger partial charge in [-0.1, -0.05) is 47.7 Å². The van der Waals surface area contributed by atoms with Crippen molar-refractivity contribution in [2.75, 3.05) is 18.3 Å². The predicted octanol–water partition coefficient (Wildman–Crippen LogP) is 3.59. The number of amides is 1. The van der Waals surface area contributed by atoms with E-state index in [2.05, 4.69) is 15.5 Å². The molecule has 0 unspecified atom stereocenters. The first-order valence-electron chi connectivity index (χ1n) is 8.51. The van der Waals surface area contributed by atoms with Gasteiger partial charge in [0.05, 0.1) is 24.8 Å². The Balaban J connectivity index is 1.82. The Morgan fingerprint density at radius 2 is 1.86 bits per heavy atom. The number of anilines is 1. The van der Waals surface area contributed by atoms with Crippen molar-refractivity contribution < 1.29 is 19.1 Å². The summed E-state index contributed by atoms with van der Waals surface area (Å²) < 4.78 is 4.71. The Morgan fingerprint density at radius 1 is 1.10 bits per heavy atom. The summed E-state index contributed by atoms with van der Waals surface area (Å²) in [6.45, 7) is 0. The van der Waals surface area contributed by atoms with Gasteiger partial charge >= 0.3 is 5.97 Å². The molecule has 0 radical (unpaired) electrons. The highest BCUT2D eigenvalue weighted by atomic mass is 35.5. The number of rotatable bonds is 7. The van der Waals surface area contributed by atoms with E-state index in [1.54, 1.807) is 0 Å². The lowest BCUT2D eigenvalue weighted by Crippen LogP contribution is -2.17. The van der Waals surface area contributed by atoms with E-state index in [0.29, 0.717) is 10.6 Å². The summed E-state index contributed by atoms with van der Waals surface area (Å²) in [6, 6.07) is 13.9. The summed E-state index contributed by atoms with van der Waals surface area (Å²) in [5.41, 5.74) is 1.54. The van der Waals surface area contributed by atoms with Crippen LogP contribution in [0.4, 0.5) is 5.69 Å². The van der Waals surface area contributed by atoms with Crippen molar-refractivity contribution in [3.05, 3.63) is 64.7 Å². The van der Waals surface area contributed by atoms with Gasteiger partial charge < -0.3 is 10.1 Å². The van der Waals surface area contributed by atoms with Gasteiger partial charge in [0.25, 0.3) is 0 Å². The van der Waals surface area contributed by atoms with Gasteiger partial charge in [0, 0.05) is 11.1 Å². The Bertz CT molecular complexity index is 1050. The number of methoxy groups -OCH3 is 1. The fourth-order valence-corrected chi connectivity index (χ4v) is 3.47. The molecule has 7 nitrogen and oxygen atoms in total. The van der Waals surface area contributed by atoms with E-state index < -0.39 is 11.9 Å². The van der Waals surface area contributed by atoms with Crippen LogP contribution in [-0.2, 0) is 16.0 Å². The molecule has 0 spiro atoms. The zero-order valence-corrected chi connectivity index (χ0v) is 16.9. The summed E-state index contributed by atoms with van der Waals surface area (Å²) in [6.07, 6.45) is 0.0466. The van der Waals surface area contributed by atoms with E-state index in [0.717, 1.165) is 10.6 Å². The first-order valence-corrected chi connectivity index (χ1v) is 9.86. The molecule has 0 saturated heterocycles. The molecule has 1 heterocycles. The number of nitrogens with zero attached hydrogens (tertiary/aromatic N) is 2. The average molecular weight is 430 g/mol. The summed E-state index contributed by atoms with van der Waals surface area (Å²) in [7, 11) is 1.23. The molecule has 0 aliphatic heterocycles. The van der Waals surface area contributed by atoms with Crippen molar-refractivity contribution in [3.8, 4) is 10.6 Å². The zero-order chi connectivity index (χ0) is 20.8. The van der Waals surface area contributed by atoms with E-state index in [1.807, 2.05) is 30.3 Å². The summed E-state index contributed by atoms with van der Waals surface area (Å²) >= 11 is 6.86. The molecule has 0 atom stereocenters. The Kier molecular flexibility index (Phi) is 6.69. The molecule has 3 rings (SSSR count). The third-order valence-electron chi connectivity index (χ3n) is 3.94. The molecule has 1 amide bonds. The highest BCUT2D eigenvalue weighted by Gasteiger charge is 2.18. The second kappa shape index (κ2) is 9.40. The Hall–Kier alpha value is -3.10. The molecular formula is C20H16ClN3O4S. The van der Waals surface area contributed by atoms with Gasteiger partial charge in [-0.25, -0.2) is 4.79 Å². The topological polar surface area (TPSA) is 98.2 Å². The van der Waals surface area contributed by atoms with Crippen molar-refractivity contribution >= 4 is 46.3 Å². The van der Waals surface area contributed by atoms with Crippen LogP contribution in [-0.4, -0.2) is 40.8 Å². The highest BCUT2D eigenvalue weighted by Crippen LogP contribution is 2.25. The second-order valence-corrected chi connectivity index (χ2v) is 7.23. The molecule has 0 aliphatic rings. The fraction of sp³-hybridized carbons (Fsp3) is 0.150. The Labute approximate surface area is 175 Å². The molecular weight excluding hydrogens is 414 g/mol. The van der Waals surface area contributed by atoms with Crippen LogP contribution in [0.15, 0.2) is 48.5 Å². The maximum Gasteiger partial charge on any atom is 0.339 e. The molecule has 9 heteroatoms. The average Bonchev–Trinajstić information content (AvgIpc) is 3.22. The van der Waals surface area contributed by atoms with Crippen LogP contribution in [0.1, 0.15) is 25.7 Å². The molecule has 0 fully saturated rings. The normalized spacial score (nSPS) is 10.4. The maximum atomic E-state index is 12.7. The lowest BCUT2D eigenvalue weighted by atomic mass is 10.0. The van der Waals surface area contributed by atoms with Crippen LogP contribution in [0.5, 0.6) is 0 Å². The summed E-state index contributed by atoms with van der Waals surface area (Å²) in [5, 5.41) is 12.0. The smallest absolute Gasteiger partial charge is 0.339 e. The monoisotopic (exact) mass is 429 g/mol. The third-order valence-corrected chi connectivity index (χ3v) is 5.16. The van der Waals surface area contributed by atoms with Gasteiger partial charge in [0.15, 0.2) is 5.78 Å². The zero-order valence-electron chi connectivity index (χ0n) is 15.3. The molecule has 2 aromatic carbocycles. The number of aromatic nitrogens is 2. The Morgan fingerprint density at radius 3 is 2.55 bits per heavy atom. The predicted molar refractivity (Wildman–Crippen MR) is 111 cm³/mol. The molecule has 148 valence electrons. The molecule has 0 aliphatic carbocycles. The SMILES string of the molecule is COC(=O)c1ccc(C(=O)Cc2nnc(-c3ccccc3)s2)cc1NC(=O)CCl. The van der Waals surface area contributed by atoms with Crippen molar-refractivity contribution in [1.82, 2.24) is 10.2 Å². The minimum atomic E-state index is -0.634. The number of ether oxygens (including phenoxy) is 1. The van der Waals surface area contributed by atoms with Crippen molar-refractivity contribution in [2.24, 2.45) is 0 Å². The van der Waals surface area contributed by atoms with E-state index >= 15 is 0 Å². The van der Waals surface area contributed by atoms with Gasteiger partial charge in [-0.05, 0) is 12.1 Å². The number of Topliss-reactive ketones (excluding diaryl/α,β-unsaturated/α-hetero) is 1. The van der Waals surface area contributed by atoms with Crippen molar-refractivity contribution in [1.29, 1.82) is 0 Å². The van der Waals surface area contributed by atoms with E-state index in [-0.39, 0.29) is 29.3 Å². The van der Waals surface area contributed by atoms with Gasteiger partial charge in [-0.2, -0.15) is 0 Å². The van der Waals surface area contributed by atoms with Gasteiger partial charge in [-0.15, -0.1) is 21.8 Å². The standard InChI is InChI=1S/C20H16ClN3O4S/c1-28-20(27)14-8-7-13(9-15(14)22-17(26)11-21)16(25)10-18-23-24-19(29-18)12-5-3-2-4-6-12/h2-9H,10-11H2,1H3,(H,22,26). The first-order chi connectivity index (χ1) is 14.0. The molecule has 3 aromatic rings. The number of benzene rings is 2. The van der Waals surface area contributed by atoms with E-state index in [1.165, 1.54) is 36.6 Å². The van der Waals surface area contributed by atoms with Crippen molar-refractivity contribution in [3.63, 3.8) is 0 Å². The number of carbonyl (C=O) groups is 3. The number of nitrogens with one attached hydrogen (secondary N) is 1. The lowest BCUT2D eigenvalue weighted by molar-refractivity contribution is -0.113. The van der Waals surface area contributed by atoms with Crippen LogP contribution in [0.25, 0.3) is 10.6 Å². The molecule has 29 heavy (non-hydrogen) atoms. The largest absolute Gasteiger partial charge is 0.465 e. The minimum absolute atomic E-state index is 0.0466. The number of alkyl halides is 1. The van der Waals surface area contributed by atoms with Crippen LogP contribution < -0.4 is 5.32 Å². The summed E-state index contributed by atoms with van der Waals surface area (Å²) in [4.78, 5) is 36.3.